The molecule has 1 unspecified atom stereocenters. The highest BCUT2D eigenvalue weighted by Crippen LogP contribution is 2.40. The van der Waals surface area contributed by atoms with E-state index >= 15 is 0 Å². The zero-order valence-corrected chi connectivity index (χ0v) is 18.0. The molecule has 0 radical (unpaired) electrons. The number of amides is 1. The van der Waals surface area contributed by atoms with Crippen molar-refractivity contribution in [3.8, 4) is 0 Å². The summed E-state index contributed by atoms with van der Waals surface area (Å²) in [5.41, 5.74) is 1.05. The van der Waals surface area contributed by atoms with Gasteiger partial charge in [-0.05, 0) is 45.7 Å². The molecule has 3 heterocycles. The summed E-state index contributed by atoms with van der Waals surface area (Å²) in [6.45, 7) is 12.4. The van der Waals surface area contributed by atoms with E-state index in [1.165, 1.54) is 11.2 Å². The maximum Gasteiger partial charge on any atom is 0.239 e. The molecule has 7 heteroatoms. The van der Waals surface area contributed by atoms with Crippen molar-refractivity contribution in [2.75, 3.05) is 39.3 Å². The van der Waals surface area contributed by atoms with Crippen LogP contribution in [-0.2, 0) is 4.79 Å². The molecule has 1 amide bonds. The van der Waals surface area contributed by atoms with E-state index in [0.29, 0.717) is 0 Å². The average molecular weight is 403 g/mol. The number of aromatic nitrogens is 2. The van der Waals surface area contributed by atoms with Crippen molar-refractivity contribution in [1.29, 1.82) is 0 Å². The number of piperazine rings is 1. The van der Waals surface area contributed by atoms with Gasteiger partial charge in [-0.1, -0.05) is 12.1 Å². The predicted octanol–water partition coefficient (Wildman–Crippen LogP) is 2.95. The monoisotopic (exact) mass is 402 g/mol. The number of H-pyrrole nitrogens is 1. The Hall–Kier alpha value is -1.57. The van der Waals surface area contributed by atoms with E-state index in [4.69, 9.17) is 0 Å². The van der Waals surface area contributed by atoms with Gasteiger partial charge >= 0.3 is 0 Å². The van der Waals surface area contributed by atoms with E-state index < -0.39 is 0 Å². The summed E-state index contributed by atoms with van der Waals surface area (Å²) in [6, 6.07) is 8.40. The summed E-state index contributed by atoms with van der Waals surface area (Å²) in [5, 5.41) is 12.9. The number of nitrogens with one attached hydrogen (secondary N) is 2. The van der Waals surface area contributed by atoms with E-state index in [1.54, 1.807) is 11.8 Å². The predicted molar refractivity (Wildman–Crippen MR) is 117 cm³/mol. The first-order valence-electron chi connectivity index (χ1n) is 10.4. The lowest BCUT2D eigenvalue weighted by Crippen LogP contribution is -2.60. The number of rotatable bonds is 6. The first-order valence-corrected chi connectivity index (χ1v) is 11.3. The first-order chi connectivity index (χ1) is 13.4. The number of benzene rings is 1. The van der Waals surface area contributed by atoms with Crippen molar-refractivity contribution in [3.05, 3.63) is 24.3 Å². The van der Waals surface area contributed by atoms with Crippen LogP contribution >= 0.6 is 11.8 Å². The molecule has 2 fully saturated rings. The largest absolute Gasteiger partial charge is 0.330 e. The highest BCUT2D eigenvalue weighted by molar-refractivity contribution is 8.02. The minimum absolute atomic E-state index is 0.277. The maximum atomic E-state index is 12.6. The number of nitrogens with zero attached hydrogens (tertiary/aromatic N) is 3. The number of thioether (sulfide) groups is 1. The third-order valence-electron chi connectivity index (χ3n) is 6.26. The summed E-state index contributed by atoms with van der Waals surface area (Å²) < 4.78 is 0.678. The molecule has 1 atom stereocenters. The second-order valence-electron chi connectivity index (χ2n) is 8.59. The van der Waals surface area contributed by atoms with Crippen LogP contribution in [0, 0.1) is 0 Å². The summed E-state index contributed by atoms with van der Waals surface area (Å²) in [7, 11) is 0. The molecule has 4 rings (SSSR count). The number of aromatic amines is 1. The number of para-hydroxylation sites is 1. The number of carbonyl (C=O) groups excluding carboxylic acids is 1. The van der Waals surface area contributed by atoms with Crippen LogP contribution in [0.3, 0.4) is 0 Å². The lowest BCUT2D eigenvalue weighted by Gasteiger charge is -2.40. The van der Waals surface area contributed by atoms with Gasteiger partial charge in [-0.3, -0.25) is 9.28 Å². The van der Waals surface area contributed by atoms with Crippen LogP contribution in [0.15, 0.2) is 24.3 Å². The van der Waals surface area contributed by atoms with Gasteiger partial charge in [0.2, 0.25) is 11.7 Å². The number of carbonyl (C=O) groups is 1. The summed E-state index contributed by atoms with van der Waals surface area (Å²) >= 11 is 1.77. The fraction of sp³-hybridized carbons (Fsp3) is 0.619. The van der Waals surface area contributed by atoms with E-state index in [1.807, 2.05) is 19.9 Å². The molecule has 0 aliphatic carbocycles. The average Bonchev–Trinajstić information content (AvgIpc) is 3.20. The van der Waals surface area contributed by atoms with Crippen LogP contribution < -0.4 is 9.80 Å². The molecule has 1 aromatic heterocycles. The summed E-state index contributed by atoms with van der Waals surface area (Å²) in [5.74, 6) is 1.54. The minimum Gasteiger partial charge on any atom is -0.330 e. The van der Waals surface area contributed by atoms with Crippen LogP contribution in [-0.4, -0.2) is 70.4 Å². The second kappa shape index (κ2) is 7.69. The van der Waals surface area contributed by atoms with Crippen LogP contribution in [0.1, 0.15) is 33.6 Å². The molecule has 1 aromatic carbocycles. The molecule has 28 heavy (non-hydrogen) atoms. The van der Waals surface area contributed by atoms with Crippen molar-refractivity contribution < 1.29 is 4.79 Å². The highest BCUT2D eigenvalue weighted by Gasteiger charge is 2.43. The number of quaternary nitrogens is 1. The van der Waals surface area contributed by atoms with Crippen LogP contribution in [0.2, 0.25) is 0 Å². The minimum atomic E-state index is -0.277. The number of unbranched alkanes of at least 4 members (excludes halogenated alkanes) is 1. The van der Waals surface area contributed by atoms with E-state index in [0.717, 1.165) is 62.1 Å². The Morgan fingerprint density at radius 1 is 1.25 bits per heavy atom. The molecule has 2 aliphatic heterocycles. The maximum absolute atomic E-state index is 12.6. The van der Waals surface area contributed by atoms with Crippen LogP contribution in [0.25, 0.3) is 10.9 Å². The van der Waals surface area contributed by atoms with E-state index in [-0.39, 0.29) is 16.0 Å². The zero-order valence-electron chi connectivity index (χ0n) is 17.2. The first kappa shape index (κ1) is 19.7. The van der Waals surface area contributed by atoms with Crippen LogP contribution in [0.5, 0.6) is 0 Å². The lowest BCUT2D eigenvalue weighted by atomic mass is 10.1. The van der Waals surface area contributed by atoms with Crippen molar-refractivity contribution in [1.82, 2.24) is 24.9 Å². The van der Waals surface area contributed by atoms with Crippen LogP contribution in [0.4, 0.5) is 5.82 Å². The van der Waals surface area contributed by atoms with Crippen molar-refractivity contribution in [2.24, 2.45) is 0 Å². The molecule has 2 saturated heterocycles. The van der Waals surface area contributed by atoms with Gasteiger partial charge in [0.15, 0.2) is 0 Å². The molecule has 6 nitrogen and oxygen atoms in total. The molecule has 152 valence electrons. The number of hydrogen-bond donors (Lipinski definition) is 2. The van der Waals surface area contributed by atoms with Gasteiger partial charge in [0.05, 0.1) is 40.7 Å². The smallest absolute Gasteiger partial charge is 0.239 e. The molecule has 2 N–H and O–H groups in total. The zero-order chi connectivity index (χ0) is 19.8. The topological polar surface area (TPSA) is 61.0 Å². The molecule has 2 aromatic rings. The van der Waals surface area contributed by atoms with Gasteiger partial charge < -0.3 is 10.2 Å². The quantitative estimate of drug-likeness (QED) is 0.576. The third-order valence-corrected chi connectivity index (χ3v) is 7.62. The Labute approximate surface area is 171 Å². The van der Waals surface area contributed by atoms with Crippen molar-refractivity contribution in [2.45, 2.75) is 43.7 Å². The molecule has 0 saturated carbocycles. The number of hydrogen-bond acceptors (Lipinski definition) is 4. The Balaban J connectivity index is 1.44. The Bertz CT molecular complexity index is 842. The van der Waals surface area contributed by atoms with Gasteiger partial charge in [-0.25, -0.2) is 5.10 Å². The second-order valence-corrected chi connectivity index (χ2v) is 10.5. The molecule has 0 bridgehead atoms. The number of fused-ring (bicyclic) bond motifs is 1. The van der Waals surface area contributed by atoms with Gasteiger partial charge in [0.1, 0.15) is 0 Å². The Morgan fingerprint density at radius 2 is 2.00 bits per heavy atom. The molecular formula is C21H32N5OS+. The van der Waals surface area contributed by atoms with Gasteiger partial charge in [-0.15, -0.1) is 11.8 Å². The van der Waals surface area contributed by atoms with E-state index in [2.05, 4.69) is 45.5 Å². The fourth-order valence-corrected chi connectivity index (χ4v) is 6.12. The Morgan fingerprint density at radius 3 is 2.71 bits per heavy atom. The fourth-order valence-electron chi connectivity index (χ4n) is 4.72. The third kappa shape index (κ3) is 3.55. The SMILES string of the molecule is CC1SC(C)(C)C(=O)N1CCCC[N+]1(c2[nH]nc3ccccc23)CCNCC1. The van der Waals surface area contributed by atoms with Crippen molar-refractivity contribution in [3.63, 3.8) is 0 Å². The lowest BCUT2D eigenvalue weighted by molar-refractivity contribution is -0.131. The summed E-state index contributed by atoms with van der Waals surface area (Å²) in [4.78, 5) is 14.7. The molecule has 2 aliphatic rings. The van der Waals surface area contributed by atoms with Gasteiger partial charge in [-0.2, -0.15) is 5.10 Å². The Kier molecular flexibility index (Phi) is 5.42. The molecule has 0 spiro atoms. The summed E-state index contributed by atoms with van der Waals surface area (Å²) in [6.07, 6.45) is 2.15. The standard InChI is InChI=1S/C21H32N5OS/c1-16-25(20(27)21(2,3)28-16)12-6-7-13-26(14-10-22-11-15-26)19-17-8-4-5-9-18(17)23-24-19/h4-5,8-9,16,22H,6-7,10-15H2,1-3H3,(H,23,24)/q+1. The molecular weight excluding hydrogens is 370 g/mol. The van der Waals surface area contributed by atoms with Crippen molar-refractivity contribution >= 4 is 34.4 Å². The van der Waals surface area contributed by atoms with Gasteiger partial charge in [0.25, 0.3) is 0 Å². The highest BCUT2D eigenvalue weighted by atomic mass is 32.2. The van der Waals surface area contributed by atoms with E-state index in [9.17, 15) is 4.79 Å². The van der Waals surface area contributed by atoms with Gasteiger partial charge in [0, 0.05) is 19.6 Å². The normalized spacial score (nSPS) is 24.2.